The smallest absolute Gasteiger partial charge is 0.195 e. The number of aliphatic imine (C=N–C) groups is 1. The zero-order valence-corrected chi connectivity index (χ0v) is 16.8. The highest BCUT2D eigenvalue weighted by molar-refractivity contribution is 8.15. The van der Waals surface area contributed by atoms with E-state index in [1.165, 1.54) is 18.0 Å². The second-order valence-electron chi connectivity index (χ2n) is 7.06. The SMILES string of the molecule is c1ccc(-n2c(SCC3CN=C(N4CCOCC4)S3)nnc2C2CC2)cc1. The van der Waals surface area contributed by atoms with Crippen molar-refractivity contribution in [3.05, 3.63) is 36.2 Å². The van der Waals surface area contributed by atoms with Gasteiger partial charge in [-0.25, -0.2) is 0 Å². The van der Waals surface area contributed by atoms with Gasteiger partial charge < -0.3 is 9.64 Å². The molecule has 1 atom stereocenters. The third-order valence-electron chi connectivity index (χ3n) is 5.00. The maximum Gasteiger partial charge on any atom is 0.195 e. The third-order valence-corrected chi connectivity index (χ3v) is 7.55. The summed E-state index contributed by atoms with van der Waals surface area (Å²) < 4.78 is 7.70. The molecular weight excluding hydrogens is 378 g/mol. The summed E-state index contributed by atoms with van der Waals surface area (Å²) in [4.78, 5) is 7.13. The third kappa shape index (κ3) is 3.88. The summed E-state index contributed by atoms with van der Waals surface area (Å²) in [5.74, 6) is 2.69. The Hall–Kier alpha value is -1.51. The number of benzene rings is 1. The highest BCUT2D eigenvalue weighted by atomic mass is 32.2. The summed E-state index contributed by atoms with van der Waals surface area (Å²) in [5, 5.41) is 11.7. The standard InChI is InChI=1S/C19H23N5OS2/c1-2-4-15(5-3-1)24-17(14-6-7-14)21-22-19(24)26-13-16-12-20-18(27-16)23-8-10-25-11-9-23/h1-5,14,16H,6-13H2. The van der Waals surface area contributed by atoms with Crippen LogP contribution in [-0.4, -0.2) is 68.7 Å². The summed E-state index contributed by atoms with van der Waals surface area (Å²) in [7, 11) is 0. The largest absolute Gasteiger partial charge is 0.378 e. The van der Waals surface area contributed by atoms with Gasteiger partial charge in [-0.1, -0.05) is 41.7 Å². The van der Waals surface area contributed by atoms with Crippen LogP contribution in [0.2, 0.25) is 0 Å². The molecule has 0 spiro atoms. The van der Waals surface area contributed by atoms with E-state index in [1.54, 1.807) is 11.8 Å². The number of hydrogen-bond acceptors (Lipinski definition) is 7. The molecule has 8 heteroatoms. The minimum atomic E-state index is 0.498. The minimum Gasteiger partial charge on any atom is -0.378 e. The monoisotopic (exact) mass is 401 g/mol. The molecule has 3 aliphatic rings. The van der Waals surface area contributed by atoms with Crippen molar-refractivity contribution in [1.82, 2.24) is 19.7 Å². The molecule has 3 heterocycles. The molecule has 2 aromatic rings. The molecule has 1 saturated heterocycles. The van der Waals surface area contributed by atoms with Crippen LogP contribution in [0.5, 0.6) is 0 Å². The van der Waals surface area contributed by atoms with Crippen LogP contribution < -0.4 is 0 Å². The average Bonchev–Trinajstić information content (AvgIpc) is 3.31. The normalized spacial score (nSPS) is 22.9. The van der Waals surface area contributed by atoms with Gasteiger partial charge in [-0.15, -0.1) is 10.2 Å². The van der Waals surface area contributed by atoms with Crippen molar-refractivity contribution in [2.75, 3.05) is 38.6 Å². The quantitative estimate of drug-likeness (QED) is 0.718. The molecule has 0 radical (unpaired) electrons. The molecule has 2 fully saturated rings. The molecule has 5 rings (SSSR count). The highest BCUT2D eigenvalue weighted by Gasteiger charge is 2.31. The van der Waals surface area contributed by atoms with Crippen LogP contribution in [-0.2, 0) is 4.74 Å². The van der Waals surface area contributed by atoms with Gasteiger partial charge in [-0.05, 0) is 25.0 Å². The van der Waals surface area contributed by atoms with Gasteiger partial charge in [0.05, 0.1) is 19.8 Å². The van der Waals surface area contributed by atoms with Crippen molar-refractivity contribution in [1.29, 1.82) is 0 Å². The second-order valence-corrected chi connectivity index (χ2v) is 9.31. The van der Waals surface area contributed by atoms with E-state index in [4.69, 9.17) is 9.73 Å². The van der Waals surface area contributed by atoms with E-state index < -0.39 is 0 Å². The summed E-state index contributed by atoms with van der Waals surface area (Å²) in [6.45, 7) is 4.42. The predicted octanol–water partition coefficient (Wildman–Crippen LogP) is 3.04. The molecule has 2 aliphatic heterocycles. The van der Waals surface area contributed by atoms with E-state index >= 15 is 0 Å². The fourth-order valence-electron chi connectivity index (χ4n) is 3.39. The van der Waals surface area contributed by atoms with Gasteiger partial charge in [-0.3, -0.25) is 9.56 Å². The molecule has 1 aromatic heterocycles. The predicted molar refractivity (Wildman–Crippen MR) is 110 cm³/mol. The molecule has 27 heavy (non-hydrogen) atoms. The van der Waals surface area contributed by atoms with Crippen LogP contribution in [0.1, 0.15) is 24.6 Å². The Kier molecular flexibility index (Phi) is 5.11. The molecule has 0 bridgehead atoms. The lowest BCUT2D eigenvalue weighted by molar-refractivity contribution is 0.0693. The number of nitrogens with zero attached hydrogens (tertiary/aromatic N) is 5. The van der Waals surface area contributed by atoms with Gasteiger partial charge in [0.25, 0.3) is 0 Å². The zero-order chi connectivity index (χ0) is 18.1. The van der Waals surface area contributed by atoms with Crippen LogP contribution in [0.15, 0.2) is 40.5 Å². The van der Waals surface area contributed by atoms with Gasteiger partial charge in [0, 0.05) is 35.7 Å². The lowest BCUT2D eigenvalue weighted by atomic mass is 10.3. The number of morpholine rings is 1. The van der Waals surface area contributed by atoms with Crippen LogP contribution in [0.4, 0.5) is 0 Å². The van der Waals surface area contributed by atoms with Crippen molar-refractivity contribution in [3.63, 3.8) is 0 Å². The van der Waals surface area contributed by atoms with Crippen LogP contribution in [0, 0.1) is 0 Å². The molecule has 1 aromatic carbocycles. The maximum atomic E-state index is 5.45. The molecular formula is C19H23N5OS2. The Labute approximate surface area is 167 Å². The first-order valence-corrected chi connectivity index (χ1v) is 11.4. The Morgan fingerprint density at radius 3 is 2.70 bits per heavy atom. The van der Waals surface area contributed by atoms with Crippen molar-refractivity contribution in [3.8, 4) is 5.69 Å². The second kappa shape index (κ2) is 7.85. The van der Waals surface area contributed by atoms with Gasteiger partial charge in [0.1, 0.15) is 5.82 Å². The van der Waals surface area contributed by atoms with Crippen LogP contribution in [0.25, 0.3) is 5.69 Å². The Morgan fingerprint density at radius 2 is 1.93 bits per heavy atom. The van der Waals surface area contributed by atoms with E-state index in [9.17, 15) is 0 Å². The molecule has 6 nitrogen and oxygen atoms in total. The van der Waals surface area contributed by atoms with Gasteiger partial charge in [0.15, 0.2) is 10.3 Å². The Bertz CT molecular complexity index is 815. The van der Waals surface area contributed by atoms with E-state index in [-0.39, 0.29) is 0 Å². The van der Waals surface area contributed by atoms with E-state index in [0.29, 0.717) is 11.2 Å². The number of hydrogen-bond donors (Lipinski definition) is 0. The lowest BCUT2D eigenvalue weighted by Gasteiger charge is -2.28. The average molecular weight is 402 g/mol. The fraction of sp³-hybridized carbons (Fsp3) is 0.526. The highest BCUT2D eigenvalue weighted by Crippen LogP contribution is 2.41. The number of para-hydroxylation sites is 1. The molecule has 142 valence electrons. The summed E-state index contributed by atoms with van der Waals surface area (Å²) in [5.41, 5.74) is 1.16. The van der Waals surface area contributed by atoms with Gasteiger partial charge >= 0.3 is 0 Å². The Morgan fingerprint density at radius 1 is 1.11 bits per heavy atom. The van der Waals surface area contributed by atoms with E-state index in [0.717, 1.165) is 55.3 Å². The van der Waals surface area contributed by atoms with Crippen molar-refractivity contribution >= 4 is 28.7 Å². The Balaban J connectivity index is 1.26. The van der Waals surface area contributed by atoms with Crippen molar-refractivity contribution < 1.29 is 4.74 Å². The minimum absolute atomic E-state index is 0.498. The summed E-state index contributed by atoms with van der Waals surface area (Å²) in [6.07, 6.45) is 2.45. The van der Waals surface area contributed by atoms with Crippen LogP contribution in [0.3, 0.4) is 0 Å². The summed E-state index contributed by atoms with van der Waals surface area (Å²) in [6, 6.07) is 10.5. The maximum absolute atomic E-state index is 5.45. The molecule has 0 amide bonds. The lowest BCUT2D eigenvalue weighted by Crippen LogP contribution is -2.39. The molecule has 0 N–H and O–H groups in total. The molecule has 1 aliphatic carbocycles. The zero-order valence-electron chi connectivity index (χ0n) is 15.2. The van der Waals surface area contributed by atoms with Crippen LogP contribution >= 0.6 is 23.5 Å². The van der Waals surface area contributed by atoms with E-state index in [1.807, 2.05) is 11.8 Å². The van der Waals surface area contributed by atoms with Crippen molar-refractivity contribution in [2.45, 2.75) is 29.2 Å². The number of ether oxygens (including phenoxy) is 1. The molecule has 1 unspecified atom stereocenters. The topological polar surface area (TPSA) is 55.5 Å². The van der Waals surface area contributed by atoms with Crippen molar-refractivity contribution in [2.24, 2.45) is 4.99 Å². The number of aromatic nitrogens is 3. The first kappa shape index (κ1) is 17.6. The first-order chi connectivity index (χ1) is 13.4. The van der Waals surface area contributed by atoms with E-state index in [2.05, 4.69) is 50.0 Å². The fourth-order valence-corrected chi connectivity index (χ4v) is 5.66. The molecule has 1 saturated carbocycles. The first-order valence-electron chi connectivity index (χ1n) is 9.56. The number of amidine groups is 1. The van der Waals surface area contributed by atoms with Gasteiger partial charge in [-0.2, -0.15) is 0 Å². The summed E-state index contributed by atoms with van der Waals surface area (Å²) >= 11 is 3.71. The number of rotatable bonds is 5. The number of thioether (sulfide) groups is 2. The van der Waals surface area contributed by atoms with Gasteiger partial charge in [0.2, 0.25) is 0 Å².